The maximum atomic E-state index is 13.5. The van der Waals surface area contributed by atoms with E-state index in [1.165, 1.54) is 17.7 Å². The predicted octanol–water partition coefficient (Wildman–Crippen LogP) is 3.65. The molecule has 3 atom stereocenters. The van der Waals surface area contributed by atoms with Gasteiger partial charge in [0.25, 0.3) is 0 Å². The Hall–Kier alpha value is -1.99. The van der Waals surface area contributed by atoms with Crippen LogP contribution >= 0.6 is 0 Å². The average molecular weight is 459 g/mol. The van der Waals surface area contributed by atoms with Crippen molar-refractivity contribution >= 4 is 0 Å². The number of hydrogen-bond acceptors (Lipinski definition) is 5. The third-order valence-electron chi connectivity index (χ3n) is 6.49. The quantitative estimate of drug-likeness (QED) is 0.601. The van der Waals surface area contributed by atoms with Crippen molar-refractivity contribution in [2.75, 3.05) is 45.9 Å². The molecule has 1 aliphatic rings. The van der Waals surface area contributed by atoms with Crippen molar-refractivity contribution in [3.05, 3.63) is 65.5 Å². The maximum Gasteiger partial charge on any atom is 0.123 e. The molecule has 0 spiro atoms. The molecule has 1 aliphatic heterocycles. The first-order valence-electron chi connectivity index (χ1n) is 11.9. The van der Waals surface area contributed by atoms with Gasteiger partial charge in [0.05, 0.1) is 6.10 Å². The van der Waals surface area contributed by atoms with E-state index in [0.29, 0.717) is 13.1 Å². The van der Waals surface area contributed by atoms with Gasteiger partial charge in [0.1, 0.15) is 24.3 Å². The largest absolute Gasteiger partial charge is 0.491 e. The van der Waals surface area contributed by atoms with Gasteiger partial charge in [-0.15, -0.1) is 0 Å². The molecular weight excluding hydrogens is 419 g/mol. The summed E-state index contributed by atoms with van der Waals surface area (Å²) in [7, 11) is 0. The van der Waals surface area contributed by atoms with Gasteiger partial charge in [-0.3, -0.25) is 9.80 Å². The van der Waals surface area contributed by atoms with Crippen LogP contribution in [0.2, 0.25) is 0 Å². The molecule has 5 nitrogen and oxygen atoms in total. The summed E-state index contributed by atoms with van der Waals surface area (Å²) >= 11 is 0. The van der Waals surface area contributed by atoms with Crippen LogP contribution in [0.3, 0.4) is 0 Å². The first-order chi connectivity index (χ1) is 15.6. The fourth-order valence-corrected chi connectivity index (χ4v) is 4.18. The zero-order valence-electron chi connectivity index (χ0n) is 20.4. The molecule has 1 saturated heterocycles. The summed E-state index contributed by atoms with van der Waals surface area (Å²) in [5.74, 6) is 0.369. The van der Waals surface area contributed by atoms with Gasteiger partial charge in [-0.2, -0.15) is 0 Å². The van der Waals surface area contributed by atoms with E-state index >= 15 is 0 Å². The van der Waals surface area contributed by atoms with Gasteiger partial charge in [-0.25, -0.2) is 4.39 Å². The van der Waals surface area contributed by atoms with Gasteiger partial charge in [0, 0.05) is 45.2 Å². The molecule has 2 aromatic rings. The lowest BCUT2D eigenvalue weighted by Crippen LogP contribution is -2.51. The summed E-state index contributed by atoms with van der Waals surface area (Å²) in [6, 6.07) is 14.5. The van der Waals surface area contributed by atoms with E-state index in [0.717, 1.165) is 37.5 Å². The third kappa shape index (κ3) is 7.78. The molecule has 0 bridgehead atoms. The van der Waals surface area contributed by atoms with Crippen LogP contribution in [-0.2, 0) is 5.41 Å². The van der Waals surface area contributed by atoms with Crippen molar-refractivity contribution in [3.63, 3.8) is 0 Å². The van der Waals surface area contributed by atoms with Crippen LogP contribution < -0.4 is 4.74 Å². The number of aliphatic hydroxyl groups excluding tert-OH is 2. The van der Waals surface area contributed by atoms with E-state index in [1.807, 2.05) is 25.1 Å². The summed E-state index contributed by atoms with van der Waals surface area (Å²) < 4.78 is 19.3. The smallest absolute Gasteiger partial charge is 0.123 e. The second-order valence-corrected chi connectivity index (χ2v) is 10.3. The van der Waals surface area contributed by atoms with E-state index in [9.17, 15) is 14.6 Å². The Bertz CT molecular complexity index is 860. The molecule has 2 N–H and O–H groups in total. The van der Waals surface area contributed by atoms with Gasteiger partial charge < -0.3 is 14.9 Å². The van der Waals surface area contributed by atoms with Gasteiger partial charge in [0.15, 0.2) is 0 Å². The molecule has 0 radical (unpaired) electrons. The number of halogens is 1. The number of aliphatic hydroxyl groups is 2. The number of ether oxygens (including phenoxy) is 1. The summed E-state index contributed by atoms with van der Waals surface area (Å²) in [6.45, 7) is 13.2. The lowest BCUT2D eigenvalue weighted by molar-refractivity contribution is 0.0297. The molecule has 6 heteroatoms. The van der Waals surface area contributed by atoms with Crippen LogP contribution in [0.15, 0.2) is 48.5 Å². The molecule has 0 aromatic heterocycles. The maximum absolute atomic E-state index is 13.5. The molecule has 0 amide bonds. The van der Waals surface area contributed by atoms with Gasteiger partial charge in [-0.1, -0.05) is 52.0 Å². The molecular formula is C27H39FN2O3. The lowest BCUT2D eigenvalue weighted by Gasteiger charge is -2.37. The standard InChI is InChI=1S/C27H39FN2O3/c1-20(21-6-5-7-23(28)16-21)26(32)18-30-14-12-29(13-15-30)17-24(31)19-33-25-10-8-22(9-11-25)27(2,3)4/h5-11,16,20,24,26,31-32H,12-15,17-19H2,1-4H3. The van der Waals surface area contributed by atoms with Crippen LogP contribution in [0, 0.1) is 5.82 Å². The van der Waals surface area contributed by atoms with E-state index in [-0.39, 0.29) is 23.8 Å². The van der Waals surface area contributed by atoms with E-state index in [2.05, 4.69) is 42.7 Å². The molecule has 33 heavy (non-hydrogen) atoms. The zero-order chi connectivity index (χ0) is 24.0. The first kappa shape index (κ1) is 25.6. The van der Waals surface area contributed by atoms with E-state index < -0.39 is 12.2 Å². The molecule has 3 unspecified atom stereocenters. The van der Waals surface area contributed by atoms with Crippen LogP contribution in [0.25, 0.3) is 0 Å². The van der Waals surface area contributed by atoms with Gasteiger partial charge >= 0.3 is 0 Å². The second-order valence-electron chi connectivity index (χ2n) is 10.3. The molecule has 1 heterocycles. The number of piperazine rings is 1. The van der Waals surface area contributed by atoms with Crippen LogP contribution in [-0.4, -0.2) is 78.1 Å². The van der Waals surface area contributed by atoms with E-state index in [4.69, 9.17) is 4.74 Å². The van der Waals surface area contributed by atoms with Crippen molar-refractivity contribution in [1.29, 1.82) is 0 Å². The monoisotopic (exact) mass is 458 g/mol. The van der Waals surface area contributed by atoms with Crippen LogP contribution in [0.4, 0.5) is 4.39 Å². The number of β-amino-alcohol motifs (C(OH)–C–C–N with tert-alkyl or cyclic N) is 2. The normalized spacial score (nSPS) is 18.6. The molecule has 0 aliphatic carbocycles. The second kappa shape index (κ2) is 11.4. The highest BCUT2D eigenvalue weighted by atomic mass is 19.1. The van der Waals surface area contributed by atoms with Crippen molar-refractivity contribution in [2.24, 2.45) is 0 Å². The van der Waals surface area contributed by atoms with Crippen LogP contribution in [0.1, 0.15) is 44.7 Å². The summed E-state index contributed by atoms with van der Waals surface area (Å²) in [4.78, 5) is 4.46. The molecule has 1 fully saturated rings. The number of rotatable bonds is 9. The lowest BCUT2D eigenvalue weighted by atomic mass is 9.87. The number of hydrogen-bond donors (Lipinski definition) is 2. The van der Waals surface area contributed by atoms with Crippen molar-refractivity contribution in [2.45, 2.75) is 51.2 Å². The topological polar surface area (TPSA) is 56.2 Å². The highest BCUT2D eigenvalue weighted by Gasteiger charge is 2.24. The summed E-state index contributed by atoms with van der Waals surface area (Å²) in [5, 5.41) is 21.1. The molecule has 2 aromatic carbocycles. The summed E-state index contributed by atoms with van der Waals surface area (Å²) in [5.41, 5.74) is 2.18. The minimum Gasteiger partial charge on any atom is -0.491 e. The molecule has 182 valence electrons. The Balaban J connectivity index is 1.37. The Morgan fingerprint density at radius 3 is 2.12 bits per heavy atom. The van der Waals surface area contributed by atoms with Crippen LogP contribution in [0.5, 0.6) is 5.75 Å². The number of nitrogens with zero attached hydrogens (tertiary/aromatic N) is 2. The first-order valence-corrected chi connectivity index (χ1v) is 11.9. The molecule has 0 saturated carbocycles. The minimum absolute atomic E-state index is 0.105. The highest BCUT2D eigenvalue weighted by Crippen LogP contribution is 2.24. The summed E-state index contributed by atoms with van der Waals surface area (Å²) in [6.07, 6.45) is -1.11. The highest BCUT2D eigenvalue weighted by molar-refractivity contribution is 5.31. The molecule has 3 rings (SSSR count). The Morgan fingerprint density at radius 2 is 1.55 bits per heavy atom. The van der Waals surface area contributed by atoms with Gasteiger partial charge in [-0.05, 0) is 40.8 Å². The Kier molecular flexibility index (Phi) is 8.88. The average Bonchev–Trinajstić information content (AvgIpc) is 2.78. The fourth-order valence-electron chi connectivity index (χ4n) is 4.18. The fraction of sp³-hybridized carbons (Fsp3) is 0.556. The predicted molar refractivity (Wildman–Crippen MR) is 130 cm³/mol. The Labute approximate surface area is 197 Å². The zero-order valence-corrected chi connectivity index (χ0v) is 20.4. The SMILES string of the molecule is CC(c1cccc(F)c1)C(O)CN1CCN(CC(O)COc2ccc(C(C)(C)C)cc2)CC1. The third-order valence-corrected chi connectivity index (χ3v) is 6.49. The van der Waals surface area contributed by atoms with E-state index in [1.54, 1.807) is 6.07 Å². The van der Waals surface area contributed by atoms with Gasteiger partial charge in [0.2, 0.25) is 0 Å². The number of benzene rings is 2. The van der Waals surface area contributed by atoms with Crippen molar-refractivity contribution < 1.29 is 19.3 Å². The van der Waals surface area contributed by atoms with Crippen molar-refractivity contribution in [3.8, 4) is 5.75 Å². The minimum atomic E-state index is -0.558. The Morgan fingerprint density at radius 1 is 0.939 bits per heavy atom. The van der Waals surface area contributed by atoms with Crippen molar-refractivity contribution in [1.82, 2.24) is 9.80 Å².